The van der Waals surface area contributed by atoms with Crippen LogP contribution in [0.3, 0.4) is 0 Å². The number of carbonyl (C=O) groups excluding carboxylic acids is 4. The molecule has 0 unspecified atom stereocenters. The van der Waals surface area contributed by atoms with Gasteiger partial charge in [0.15, 0.2) is 0 Å². The van der Waals surface area contributed by atoms with Crippen LogP contribution in [0.15, 0.2) is 114 Å². The Balaban J connectivity index is 1.37. The van der Waals surface area contributed by atoms with Crippen LogP contribution in [-0.4, -0.2) is 43.2 Å². The standard InChI is InChI=1S/C34H31N3O6S/c1-3-43-34(41)25-12-14-26(15-13-25)35-31(38)22-44-29-18-16-27(17-19-29)36-33(40)30(21-23-8-7-11-28(20-23)42-2)37-32(39)24-9-5-4-6-10-24/h4-21H,3,22H2,1-2H3,(H,35,38)(H,36,40)(H,37,39)/b30-21-. The van der Waals surface area contributed by atoms with Gasteiger partial charge in [0.1, 0.15) is 11.4 Å². The molecule has 10 heteroatoms. The largest absolute Gasteiger partial charge is 0.497 e. The summed E-state index contributed by atoms with van der Waals surface area (Å²) in [6.45, 7) is 2.03. The first kappa shape index (κ1) is 31.6. The molecule has 9 nitrogen and oxygen atoms in total. The first-order chi connectivity index (χ1) is 21.3. The number of nitrogens with one attached hydrogen (secondary N) is 3. The smallest absolute Gasteiger partial charge is 0.338 e. The van der Waals surface area contributed by atoms with Crippen LogP contribution in [0.2, 0.25) is 0 Å². The molecule has 0 atom stereocenters. The summed E-state index contributed by atoms with van der Waals surface area (Å²) >= 11 is 1.33. The summed E-state index contributed by atoms with van der Waals surface area (Å²) in [7, 11) is 1.55. The summed E-state index contributed by atoms with van der Waals surface area (Å²) in [5.41, 5.74) is 2.62. The van der Waals surface area contributed by atoms with Gasteiger partial charge in [0.05, 0.1) is 25.0 Å². The fourth-order valence-corrected chi connectivity index (χ4v) is 4.62. The quantitative estimate of drug-likeness (QED) is 0.102. The lowest BCUT2D eigenvalue weighted by Gasteiger charge is -2.12. The van der Waals surface area contributed by atoms with Crippen LogP contribution >= 0.6 is 11.8 Å². The fraction of sp³-hybridized carbons (Fsp3) is 0.118. The highest BCUT2D eigenvalue weighted by molar-refractivity contribution is 8.00. The molecular weight excluding hydrogens is 578 g/mol. The molecule has 0 aliphatic rings. The Morgan fingerprint density at radius 1 is 0.773 bits per heavy atom. The normalized spacial score (nSPS) is 10.8. The molecule has 0 aliphatic carbocycles. The van der Waals surface area contributed by atoms with Gasteiger partial charge in [-0.25, -0.2) is 4.79 Å². The minimum atomic E-state index is -0.508. The zero-order chi connectivity index (χ0) is 31.3. The van der Waals surface area contributed by atoms with Crippen molar-refractivity contribution in [2.75, 3.05) is 30.1 Å². The number of thioether (sulfide) groups is 1. The minimum absolute atomic E-state index is 0.0533. The van der Waals surface area contributed by atoms with Crippen molar-refractivity contribution in [3.05, 3.63) is 126 Å². The van der Waals surface area contributed by atoms with Gasteiger partial charge in [-0.05, 0) is 91.4 Å². The molecule has 0 radical (unpaired) electrons. The predicted molar refractivity (Wildman–Crippen MR) is 172 cm³/mol. The number of amides is 3. The van der Waals surface area contributed by atoms with E-state index in [0.717, 1.165) is 4.90 Å². The van der Waals surface area contributed by atoms with Crippen LogP contribution in [0.5, 0.6) is 5.75 Å². The number of methoxy groups -OCH3 is 1. The highest BCUT2D eigenvalue weighted by Crippen LogP contribution is 2.22. The van der Waals surface area contributed by atoms with Crippen molar-refractivity contribution in [2.45, 2.75) is 11.8 Å². The number of anilines is 2. The summed E-state index contributed by atoms with van der Waals surface area (Å²) in [6, 6.07) is 29.2. The van der Waals surface area contributed by atoms with Crippen molar-refractivity contribution < 1.29 is 28.7 Å². The van der Waals surface area contributed by atoms with E-state index in [-0.39, 0.29) is 24.0 Å². The summed E-state index contributed by atoms with van der Waals surface area (Å²) < 4.78 is 10.2. The van der Waals surface area contributed by atoms with Crippen molar-refractivity contribution >= 4 is 52.9 Å². The van der Waals surface area contributed by atoms with Crippen LogP contribution in [0.25, 0.3) is 6.08 Å². The minimum Gasteiger partial charge on any atom is -0.497 e. The number of benzene rings is 4. The maximum Gasteiger partial charge on any atom is 0.338 e. The Morgan fingerprint density at radius 2 is 1.45 bits per heavy atom. The van der Waals surface area contributed by atoms with Crippen LogP contribution in [0.1, 0.15) is 33.2 Å². The number of ether oxygens (including phenoxy) is 2. The van der Waals surface area contributed by atoms with Crippen molar-refractivity contribution in [2.24, 2.45) is 0 Å². The Kier molecular flexibility index (Phi) is 11.3. The first-order valence-corrected chi connectivity index (χ1v) is 14.7. The van der Waals surface area contributed by atoms with Gasteiger partial charge in [-0.1, -0.05) is 30.3 Å². The second-order valence-electron chi connectivity index (χ2n) is 9.27. The number of esters is 1. The third-order valence-electron chi connectivity index (χ3n) is 6.10. The van der Waals surface area contributed by atoms with Crippen LogP contribution in [0, 0.1) is 0 Å². The predicted octanol–water partition coefficient (Wildman–Crippen LogP) is 6.01. The van der Waals surface area contributed by atoms with Gasteiger partial charge >= 0.3 is 5.97 Å². The molecule has 0 saturated heterocycles. The monoisotopic (exact) mass is 609 g/mol. The molecule has 0 spiro atoms. The number of carbonyl (C=O) groups is 4. The van der Waals surface area contributed by atoms with Crippen molar-refractivity contribution in [1.29, 1.82) is 0 Å². The fourth-order valence-electron chi connectivity index (χ4n) is 3.92. The van der Waals surface area contributed by atoms with Gasteiger partial charge in [-0.2, -0.15) is 0 Å². The van der Waals surface area contributed by atoms with Crippen LogP contribution in [-0.2, 0) is 14.3 Å². The third-order valence-corrected chi connectivity index (χ3v) is 7.11. The SMILES string of the molecule is CCOC(=O)c1ccc(NC(=O)CSc2ccc(NC(=O)/C(=C/c3cccc(OC)c3)NC(=O)c3ccccc3)cc2)cc1. The molecule has 0 saturated carbocycles. The van der Waals surface area contributed by atoms with Crippen molar-refractivity contribution in [1.82, 2.24) is 5.32 Å². The Bertz CT molecular complexity index is 1640. The molecule has 44 heavy (non-hydrogen) atoms. The van der Waals surface area contributed by atoms with Gasteiger partial charge in [0, 0.05) is 21.8 Å². The average Bonchev–Trinajstić information content (AvgIpc) is 3.05. The molecule has 0 bridgehead atoms. The lowest BCUT2D eigenvalue weighted by atomic mass is 10.1. The van der Waals surface area contributed by atoms with Gasteiger partial charge in [0.25, 0.3) is 11.8 Å². The van der Waals surface area contributed by atoms with Gasteiger partial charge in [-0.15, -0.1) is 11.8 Å². The highest BCUT2D eigenvalue weighted by Gasteiger charge is 2.16. The van der Waals surface area contributed by atoms with E-state index in [1.807, 2.05) is 0 Å². The van der Waals surface area contributed by atoms with E-state index in [1.54, 1.807) is 123 Å². The van der Waals surface area contributed by atoms with Crippen molar-refractivity contribution in [3.8, 4) is 5.75 Å². The first-order valence-electron chi connectivity index (χ1n) is 13.7. The molecule has 224 valence electrons. The van der Waals surface area contributed by atoms with Gasteiger partial charge in [0.2, 0.25) is 5.91 Å². The van der Waals surface area contributed by atoms with E-state index < -0.39 is 17.8 Å². The van der Waals surface area contributed by atoms with E-state index in [1.165, 1.54) is 11.8 Å². The lowest BCUT2D eigenvalue weighted by molar-refractivity contribution is -0.114. The van der Waals surface area contributed by atoms with E-state index in [0.29, 0.717) is 33.8 Å². The molecule has 4 aromatic rings. The van der Waals surface area contributed by atoms with Crippen LogP contribution in [0.4, 0.5) is 11.4 Å². The van der Waals surface area contributed by atoms with E-state index in [4.69, 9.17) is 9.47 Å². The molecule has 0 aliphatic heterocycles. The molecule has 0 heterocycles. The molecule has 3 N–H and O–H groups in total. The molecule has 3 amide bonds. The Morgan fingerprint density at radius 3 is 2.14 bits per heavy atom. The number of hydrogen-bond acceptors (Lipinski definition) is 7. The zero-order valence-corrected chi connectivity index (χ0v) is 25.0. The average molecular weight is 610 g/mol. The molecular formula is C34H31N3O6S. The maximum absolute atomic E-state index is 13.3. The second kappa shape index (κ2) is 15.8. The number of rotatable bonds is 12. The highest BCUT2D eigenvalue weighted by atomic mass is 32.2. The molecule has 0 fully saturated rings. The van der Waals surface area contributed by atoms with Crippen LogP contribution < -0.4 is 20.7 Å². The summed E-state index contributed by atoms with van der Waals surface area (Å²) in [5, 5.41) is 8.33. The topological polar surface area (TPSA) is 123 Å². The van der Waals surface area contributed by atoms with Crippen molar-refractivity contribution in [3.63, 3.8) is 0 Å². The second-order valence-corrected chi connectivity index (χ2v) is 10.3. The third kappa shape index (κ3) is 9.33. The molecule has 0 aromatic heterocycles. The Hall–Kier alpha value is -5.35. The maximum atomic E-state index is 13.3. The van der Waals surface area contributed by atoms with E-state index in [2.05, 4.69) is 16.0 Å². The molecule has 4 aromatic carbocycles. The Labute approximate surface area is 259 Å². The summed E-state index contributed by atoms with van der Waals surface area (Å²) in [5.74, 6) is -0.786. The summed E-state index contributed by atoms with van der Waals surface area (Å²) in [4.78, 5) is 51.2. The molecule has 4 rings (SSSR count). The lowest BCUT2D eigenvalue weighted by Crippen LogP contribution is -2.30. The summed E-state index contributed by atoms with van der Waals surface area (Å²) in [6.07, 6.45) is 1.58. The zero-order valence-electron chi connectivity index (χ0n) is 24.2. The number of hydrogen-bond donors (Lipinski definition) is 3. The van der Waals surface area contributed by atoms with E-state index in [9.17, 15) is 19.2 Å². The van der Waals surface area contributed by atoms with Gasteiger partial charge in [-0.3, -0.25) is 14.4 Å². The van der Waals surface area contributed by atoms with Gasteiger partial charge < -0.3 is 25.4 Å². The van der Waals surface area contributed by atoms with E-state index >= 15 is 0 Å².